The molecule has 1 fully saturated rings. The summed E-state index contributed by atoms with van der Waals surface area (Å²) in [7, 11) is 0. The van der Waals surface area contributed by atoms with E-state index in [1.54, 1.807) is 6.92 Å². The van der Waals surface area contributed by atoms with Gasteiger partial charge in [0.1, 0.15) is 0 Å². The van der Waals surface area contributed by atoms with Crippen LogP contribution in [0.5, 0.6) is 0 Å². The van der Waals surface area contributed by atoms with Gasteiger partial charge in [-0.3, -0.25) is 4.79 Å². The lowest BCUT2D eigenvalue weighted by atomic mass is 10.1. The molecule has 0 aromatic heterocycles. The lowest BCUT2D eigenvalue weighted by Gasteiger charge is -2.20. The monoisotopic (exact) mass is 281 g/mol. The van der Waals surface area contributed by atoms with Crippen LogP contribution in [0.3, 0.4) is 0 Å². The maximum Gasteiger partial charge on any atom is 0.217 e. The van der Waals surface area contributed by atoms with Gasteiger partial charge >= 0.3 is 0 Å². The maximum atomic E-state index is 10.9. The summed E-state index contributed by atoms with van der Waals surface area (Å²) in [6, 6.07) is 0.422. The van der Waals surface area contributed by atoms with Crippen LogP contribution < -0.4 is 5.32 Å². The predicted molar refractivity (Wildman–Crippen MR) is 58.5 cm³/mol. The molecule has 1 aliphatic rings. The number of amides is 1. The van der Waals surface area contributed by atoms with Gasteiger partial charge in [-0.15, -0.1) is 0 Å². The largest absolute Gasteiger partial charge is 0.353 e. The first-order chi connectivity index (χ1) is 5.70. The molecule has 1 saturated carbocycles. The Morgan fingerprint density at radius 3 is 2.67 bits per heavy atom. The number of hydrogen-bond acceptors (Lipinski definition) is 1. The summed E-state index contributed by atoms with van der Waals surface area (Å²) in [5.74, 6) is 0.114. The number of halogens is 1. The highest BCUT2D eigenvalue weighted by Gasteiger charge is 2.21. The van der Waals surface area contributed by atoms with Crippen molar-refractivity contribution in [1.82, 2.24) is 5.32 Å². The van der Waals surface area contributed by atoms with Gasteiger partial charge in [-0.05, 0) is 12.8 Å². The molecule has 3 heteroatoms. The van der Waals surface area contributed by atoms with Gasteiger partial charge in [0, 0.05) is 16.9 Å². The van der Waals surface area contributed by atoms with E-state index in [4.69, 9.17) is 0 Å². The molecule has 0 spiro atoms. The average molecular weight is 281 g/mol. The fourth-order valence-electron chi connectivity index (χ4n) is 1.69. The first kappa shape index (κ1) is 10.3. The van der Waals surface area contributed by atoms with Crippen molar-refractivity contribution in [3.05, 3.63) is 0 Å². The predicted octanol–water partition coefficient (Wildman–Crippen LogP) is 2.26. The molecule has 0 heterocycles. The molecule has 2 atom stereocenters. The number of nitrogens with one attached hydrogen (secondary N) is 1. The van der Waals surface area contributed by atoms with E-state index in [0.717, 1.165) is 6.42 Å². The molecule has 0 saturated heterocycles. The molecule has 0 aromatic rings. The summed E-state index contributed by atoms with van der Waals surface area (Å²) in [6.45, 7) is 1.61. The van der Waals surface area contributed by atoms with Crippen molar-refractivity contribution in [2.75, 3.05) is 0 Å². The molecule has 1 N–H and O–H groups in total. The summed E-state index contributed by atoms with van der Waals surface area (Å²) in [5, 5.41) is 3.03. The number of carbonyl (C=O) groups excluding carboxylic acids is 1. The van der Waals surface area contributed by atoms with Crippen LogP contribution in [0.4, 0.5) is 0 Å². The smallest absolute Gasteiger partial charge is 0.217 e. The average Bonchev–Trinajstić information content (AvgIpc) is 2.16. The third-order valence-electron chi connectivity index (χ3n) is 2.32. The zero-order valence-electron chi connectivity index (χ0n) is 7.48. The minimum absolute atomic E-state index is 0.114. The summed E-state index contributed by atoms with van der Waals surface area (Å²) in [5.41, 5.74) is 0. The van der Waals surface area contributed by atoms with Gasteiger partial charge in [0.25, 0.3) is 0 Å². The maximum absolute atomic E-state index is 10.9. The Balaban J connectivity index is 2.41. The number of alkyl halides is 1. The molecule has 0 aliphatic heterocycles. The van der Waals surface area contributed by atoms with Crippen LogP contribution in [-0.4, -0.2) is 15.9 Å². The number of carbonyl (C=O) groups is 1. The highest BCUT2D eigenvalue weighted by Crippen LogP contribution is 2.23. The normalized spacial score (nSPS) is 30.8. The van der Waals surface area contributed by atoms with Crippen LogP contribution in [-0.2, 0) is 4.79 Å². The van der Waals surface area contributed by atoms with Gasteiger partial charge < -0.3 is 5.32 Å². The van der Waals surface area contributed by atoms with Crippen LogP contribution in [0.15, 0.2) is 0 Å². The van der Waals surface area contributed by atoms with E-state index in [9.17, 15) is 4.79 Å². The van der Waals surface area contributed by atoms with Crippen molar-refractivity contribution in [2.24, 2.45) is 0 Å². The van der Waals surface area contributed by atoms with E-state index in [2.05, 4.69) is 27.9 Å². The topological polar surface area (TPSA) is 29.1 Å². The summed E-state index contributed by atoms with van der Waals surface area (Å²) in [4.78, 5) is 10.9. The van der Waals surface area contributed by atoms with Crippen LogP contribution in [0, 0.1) is 0 Å². The van der Waals surface area contributed by atoms with Crippen LogP contribution in [0.25, 0.3) is 0 Å². The molecule has 2 nitrogen and oxygen atoms in total. The minimum Gasteiger partial charge on any atom is -0.353 e. The van der Waals surface area contributed by atoms with E-state index < -0.39 is 0 Å². The number of hydrogen-bond donors (Lipinski definition) is 1. The SMILES string of the molecule is CC(=O)N[C@H]1CCCCC[C@@H]1I. The van der Waals surface area contributed by atoms with Gasteiger partial charge in [-0.1, -0.05) is 41.9 Å². The highest BCUT2D eigenvalue weighted by atomic mass is 127. The second-order valence-electron chi connectivity index (χ2n) is 3.46. The van der Waals surface area contributed by atoms with Gasteiger partial charge in [0.15, 0.2) is 0 Å². The lowest BCUT2D eigenvalue weighted by molar-refractivity contribution is -0.119. The van der Waals surface area contributed by atoms with Crippen molar-refractivity contribution < 1.29 is 4.79 Å². The molecule has 0 aromatic carbocycles. The van der Waals surface area contributed by atoms with Gasteiger partial charge in [-0.2, -0.15) is 0 Å². The van der Waals surface area contributed by atoms with E-state index in [1.807, 2.05) is 0 Å². The van der Waals surface area contributed by atoms with E-state index in [1.165, 1.54) is 25.7 Å². The molecular formula is C9H16INO. The third-order valence-corrected chi connectivity index (χ3v) is 3.81. The van der Waals surface area contributed by atoms with Gasteiger partial charge in [0.2, 0.25) is 5.91 Å². The van der Waals surface area contributed by atoms with Crippen LogP contribution in [0.1, 0.15) is 39.0 Å². The zero-order chi connectivity index (χ0) is 8.97. The Bertz CT molecular complexity index is 161. The number of rotatable bonds is 1. The standard InChI is InChI=1S/C9H16INO/c1-7(12)11-9-6-4-2-3-5-8(9)10/h8-9H,2-6H2,1H3,(H,11,12)/t8-,9-/m0/s1. The lowest BCUT2D eigenvalue weighted by Crippen LogP contribution is -2.38. The Labute approximate surface area is 87.6 Å². The van der Waals surface area contributed by atoms with Crippen molar-refractivity contribution >= 4 is 28.5 Å². The first-order valence-corrected chi connectivity index (χ1v) is 5.86. The first-order valence-electron chi connectivity index (χ1n) is 4.61. The Kier molecular flexibility index (Phi) is 4.32. The molecule has 1 aliphatic carbocycles. The summed E-state index contributed by atoms with van der Waals surface area (Å²) in [6.07, 6.45) is 6.34. The molecule has 70 valence electrons. The summed E-state index contributed by atoms with van der Waals surface area (Å²) >= 11 is 2.46. The zero-order valence-corrected chi connectivity index (χ0v) is 9.63. The second kappa shape index (κ2) is 5.04. The van der Waals surface area contributed by atoms with Crippen molar-refractivity contribution in [3.8, 4) is 0 Å². The molecular weight excluding hydrogens is 265 g/mol. The molecule has 0 unspecified atom stereocenters. The van der Waals surface area contributed by atoms with Gasteiger partial charge in [-0.25, -0.2) is 0 Å². The molecule has 12 heavy (non-hydrogen) atoms. The van der Waals surface area contributed by atoms with E-state index in [0.29, 0.717) is 9.97 Å². The van der Waals surface area contributed by atoms with Crippen molar-refractivity contribution in [3.63, 3.8) is 0 Å². The third kappa shape index (κ3) is 3.29. The molecule has 0 bridgehead atoms. The van der Waals surface area contributed by atoms with Gasteiger partial charge in [0.05, 0.1) is 0 Å². The fraction of sp³-hybridized carbons (Fsp3) is 0.889. The van der Waals surface area contributed by atoms with Crippen LogP contribution >= 0.6 is 22.6 Å². The fourth-order valence-corrected chi connectivity index (χ4v) is 2.67. The van der Waals surface area contributed by atoms with E-state index in [-0.39, 0.29) is 5.91 Å². The summed E-state index contributed by atoms with van der Waals surface area (Å²) < 4.78 is 0.633. The molecule has 1 rings (SSSR count). The minimum atomic E-state index is 0.114. The highest BCUT2D eigenvalue weighted by molar-refractivity contribution is 14.1. The Hall–Kier alpha value is 0.200. The van der Waals surface area contributed by atoms with Crippen molar-refractivity contribution in [1.29, 1.82) is 0 Å². The Morgan fingerprint density at radius 1 is 1.33 bits per heavy atom. The molecule has 1 amide bonds. The molecule has 0 radical (unpaired) electrons. The van der Waals surface area contributed by atoms with E-state index >= 15 is 0 Å². The quantitative estimate of drug-likeness (QED) is 0.446. The second-order valence-corrected chi connectivity index (χ2v) is 5.06. The van der Waals surface area contributed by atoms with Crippen LogP contribution in [0.2, 0.25) is 0 Å². The Morgan fingerprint density at radius 2 is 2.00 bits per heavy atom. The van der Waals surface area contributed by atoms with Crippen molar-refractivity contribution in [2.45, 2.75) is 49.0 Å².